The third-order valence-corrected chi connectivity index (χ3v) is 7.30. The van der Waals surface area contributed by atoms with Crippen molar-refractivity contribution < 1.29 is 0 Å². The van der Waals surface area contributed by atoms with E-state index in [-0.39, 0.29) is 12.1 Å². The largest absolute Gasteiger partial charge is 0.375 e. The Bertz CT molecular complexity index is 1440. The maximum atomic E-state index is 4.61. The van der Waals surface area contributed by atoms with Crippen molar-refractivity contribution in [1.82, 2.24) is 4.98 Å². The minimum Gasteiger partial charge on any atom is -0.375 e. The third-order valence-electron chi connectivity index (χ3n) is 7.30. The van der Waals surface area contributed by atoms with Crippen molar-refractivity contribution in [3.05, 3.63) is 150 Å². The number of aryl methyl sites for hydroxylation is 2. The fourth-order valence-electron chi connectivity index (χ4n) is 5.46. The molecule has 5 aromatic rings. The van der Waals surface area contributed by atoms with Crippen LogP contribution in [0.3, 0.4) is 0 Å². The van der Waals surface area contributed by atoms with Crippen LogP contribution in [0.1, 0.15) is 61.0 Å². The number of aromatic nitrogens is 1. The number of nitrogens with zero attached hydrogens (tertiary/aromatic N) is 1. The van der Waals surface area contributed by atoms with Gasteiger partial charge in [0.1, 0.15) is 5.82 Å². The highest BCUT2D eigenvalue weighted by molar-refractivity contribution is 5.79. The second-order valence-electron chi connectivity index (χ2n) is 10.4. The number of hydrogen-bond donors (Lipinski definition) is 2. The van der Waals surface area contributed by atoms with E-state index >= 15 is 0 Å². The lowest BCUT2D eigenvalue weighted by molar-refractivity contribution is 0.647. The maximum absolute atomic E-state index is 4.61. The van der Waals surface area contributed by atoms with Gasteiger partial charge in [-0.2, -0.15) is 0 Å². The first-order chi connectivity index (χ1) is 19.7. The minimum absolute atomic E-state index is 0.0549. The van der Waals surface area contributed by atoms with E-state index < -0.39 is 0 Å². The first-order valence-corrected chi connectivity index (χ1v) is 14.5. The highest BCUT2D eigenvalue weighted by Gasteiger charge is 2.26. The summed E-state index contributed by atoms with van der Waals surface area (Å²) < 4.78 is 0. The van der Waals surface area contributed by atoms with Crippen LogP contribution in [0.15, 0.2) is 128 Å². The summed E-state index contributed by atoms with van der Waals surface area (Å²) in [6, 6.07) is 43.1. The molecule has 0 aliphatic rings. The Balaban J connectivity index is 1.60. The molecule has 1 heterocycles. The van der Waals surface area contributed by atoms with E-state index in [0.29, 0.717) is 0 Å². The van der Waals surface area contributed by atoms with E-state index in [0.717, 1.165) is 37.2 Å². The zero-order valence-electron chi connectivity index (χ0n) is 23.6. The van der Waals surface area contributed by atoms with E-state index in [4.69, 9.17) is 0 Å². The molecule has 0 saturated carbocycles. The molecule has 0 bridgehead atoms. The molecule has 2 N–H and O–H groups in total. The van der Waals surface area contributed by atoms with Crippen molar-refractivity contribution in [3.63, 3.8) is 0 Å². The Kier molecular flexibility index (Phi) is 9.26. The van der Waals surface area contributed by atoms with Crippen LogP contribution in [0.2, 0.25) is 0 Å². The van der Waals surface area contributed by atoms with Crippen molar-refractivity contribution >= 4 is 11.5 Å². The minimum atomic E-state index is -0.0614. The van der Waals surface area contributed by atoms with Gasteiger partial charge in [-0.25, -0.2) is 4.98 Å². The number of nitrogens with one attached hydrogen (secondary N) is 2. The normalized spacial score (nSPS) is 12.4. The van der Waals surface area contributed by atoms with E-state index in [1.54, 1.807) is 0 Å². The average Bonchev–Trinajstić information content (AvgIpc) is 3.01. The van der Waals surface area contributed by atoms with Crippen molar-refractivity contribution in [2.24, 2.45) is 0 Å². The monoisotopic (exact) mass is 525 g/mol. The van der Waals surface area contributed by atoms with Gasteiger partial charge >= 0.3 is 0 Å². The maximum Gasteiger partial charge on any atom is 0.126 e. The molecule has 0 spiro atoms. The van der Waals surface area contributed by atoms with Crippen molar-refractivity contribution in [2.45, 2.75) is 51.6 Å². The van der Waals surface area contributed by atoms with Crippen LogP contribution in [-0.2, 0) is 12.8 Å². The van der Waals surface area contributed by atoms with Gasteiger partial charge < -0.3 is 10.6 Å². The molecule has 1 aromatic heterocycles. The molecule has 4 aromatic carbocycles. The highest BCUT2D eigenvalue weighted by Crippen LogP contribution is 2.38. The molecular weight excluding hydrogens is 486 g/mol. The molecule has 2 atom stereocenters. The smallest absolute Gasteiger partial charge is 0.126 e. The Labute approximate surface area is 239 Å². The number of anilines is 2. The molecule has 0 saturated heterocycles. The second-order valence-corrected chi connectivity index (χ2v) is 10.4. The van der Waals surface area contributed by atoms with Crippen LogP contribution in [0.25, 0.3) is 11.1 Å². The summed E-state index contributed by atoms with van der Waals surface area (Å²) in [5.74, 6) is 0.851. The molecule has 5 rings (SSSR count). The van der Waals surface area contributed by atoms with Gasteiger partial charge in [-0.15, -0.1) is 0 Å². The molecular formula is C37H39N3. The lowest BCUT2D eigenvalue weighted by Crippen LogP contribution is -2.26. The van der Waals surface area contributed by atoms with Gasteiger partial charge in [0.25, 0.3) is 0 Å². The van der Waals surface area contributed by atoms with Crippen LogP contribution in [0.5, 0.6) is 0 Å². The molecule has 0 radical (unpaired) electrons. The summed E-state index contributed by atoms with van der Waals surface area (Å²) in [6.07, 6.45) is 6.31. The molecule has 0 amide bonds. The molecule has 202 valence electrons. The van der Waals surface area contributed by atoms with Gasteiger partial charge in [-0.3, -0.25) is 0 Å². The van der Waals surface area contributed by atoms with Crippen molar-refractivity contribution in [1.29, 1.82) is 0 Å². The first kappa shape index (κ1) is 27.2. The van der Waals surface area contributed by atoms with Gasteiger partial charge in [-0.1, -0.05) is 130 Å². The van der Waals surface area contributed by atoms with E-state index in [9.17, 15) is 0 Å². The topological polar surface area (TPSA) is 37.0 Å². The van der Waals surface area contributed by atoms with Crippen LogP contribution in [-0.4, -0.2) is 4.98 Å². The molecule has 3 heteroatoms. The fraction of sp³-hybridized carbons (Fsp3) is 0.216. The van der Waals surface area contributed by atoms with Gasteiger partial charge in [0.2, 0.25) is 0 Å². The Morgan fingerprint density at radius 2 is 1.12 bits per heavy atom. The van der Waals surface area contributed by atoms with Crippen LogP contribution >= 0.6 is 0 Å². The molecule has 3 nitrogen and oxygen atoms in total. The van der Waals surface area contributed by atoms with Crippen molar-refractivity contribution in [3.8, 4) is 11.1 Å². The lowest BCUT2D eigenvalue weighted by Gasteiger charge is -2.32. The SMILES string of the molecule is CCCc1cc(CCC)cc(-c2ccccc2N[C@@H](c2ccccc2)[C@@H](Nc2ccccn2)c2ccccc2)c1. The molecule has 0 aliphatic carbocycles. The fourth-order valence-corrected chi connectivity index (χ4v) is 5.46. The van der Waals surface area contributed by atoms with E-state index in [2.05, 4.69) is 133 Å². The third kappa shape index (κ3) is 6.79. The summed E-state index contributed by atoms with van der Waals surface area (Å²) in [5.41, 5.74) is 8.86. The molecule has 40 heavy (non-hydrogen) atoms. The van der Waals surface area contributed by atoms with Gasteiger partial charge in [-0.05, 0) is 58.9 Å². The number of benzene rings is 4. The van der Waals surface area contributed by atoms with E-state index in [1.807, 2.05) is 24.4 Å². The summed E-state index contributed by atoms with van der Waals surface area (Å²) in [7, 11) is 0. The predicted molar refractivity (Wildman–Crippen MR) is 170 cm³/mol. The number of para-hydroxylation sites is 1. The summed E-state index contributed by atoms with van der Waals surface area (Å²) in [6.45, 7) is 4.51. The van der Waals surface area contributed by atoms with Gasteiger partial charge in [0.15, 0.2) is 0 Å². The highest BCUT2D eigenvalue weighted by atomic mass is 15.1. The number of rotatable bonds is 12. The Morgan fingerprint density at radius 3 is 1.70 bits per heavy atom. The van der Waals surface area contributed by atoms with Crippen LogP contribution in [0, 0.1) is 0 Å². The Hall–Kier alpha value is -4.37. The zero-order chi connectivity index (χ0) is 27.6. The van der Waals surface area contributed by atoms with Gasteiger partial charge in [0, 0.05) is 17.4 Å². The van der Waals surface area contributed by atoms with Crippen LogP contribution < -0.4 is 10.6 Å². The van der Waals surface area contributed by atoms with Gasteiger partial charge in [0.05, 0.1) is 12.1 Å². The second kappa shape index (κ2) is 13.6. The Morgan fingerprint density at radius 1 is 0.575 bits per heavy atom. The molecule has 0 aliphatic heterocycles. The quantitative estimate of drug-likeness (QED) is 0.170. The van der Waals surface area contributed by atoms with E-state index in [1.165, 1.54) is 33.4 Å². The molecule has 0 unspecified atom stereocenters. The predicted octanol–water partition coefficient (Wildman–Crippen LogP) is 9.66. The average molecular weight is 526 g/mol. The summed E-state index contributed by atoms with van der Waals surface area (Å²) in [5, 5.41) is 7.75. The first-order valence-electron chi connectivity index (χ1n) is 14.5. The zero-order valence-corrected chi connectivity index (χ0v) is 23.6. The number of pyridine rings is 1. The summed E-state index contributed by atoms with van der Waals surface area (Å²) in [4.78, 5) is 4.61. The standard InChI is InChI=1S/C37H39N3/c1-3-15-28-25-29(16-4-2)27-32(26-28)33-21-11-12-22-34(33)39-36(30-17-7-5-8-18-30)37(31-19-9-6-10-20-31)40-35-23-13-14-24-38-35/h5-14,17-27,36-37,39H,3-4,15-16H2,1-2H3,(H,38,40)/t36-,37-/m0/s1. The van der Waals surface area contributed by atoms with Crippen LogP contribution in [0.4, 0.5) is 11.5 Å². The lowest BCUT2D eigenvalue weighted by atomic mass is 9.91. The number of hydrogen-bond acceptors (Lipinski definition) is 3. The van der Waals surface area contributed by atoms with Crippen molar-refractivity contribution in [2.75, 3.05) is 10.6 Å². The molecule has 0 fully saturated rings. The summed E-state index contributed by atoms with van der Waals surface area (Å²) >= 11 is 0.